The molecule has 0 saturated carbocycles. The van der Waals surface area contributed by atoms with Gasteiger partial charge in [-0.1, -0.05) is 24.3 Å². The number of nitrogens with zero attached hydrogens (tertiary/aromatic N) is 4. The Balaban J connectivity index is 2.06. The third kappa shape index (κ3) is 3.60. The average Bonchev–Trinajstić information content (AvgIpc) is 3.09. The molecule has 4 rings (SSSR count). The second kappa shape index (κ2) is 7.83. The first-order valence-electron chi connectivity index (χ1n) is 9.32. The van der Waals surface area contributed by atoms with Crippen LogP contribution in [0.5, 0.6) is 0 Å². The van der Waals surface area contributed by atoms with Gasteiger partial charge in [0.25, 0.3) is 5.52 Å². The fourth-order valence-corrected chi connectivity index (χ4v) is 3.41. The van der Waals surface area contributed by atoms with Crippen LogP contribution >= 0.6 is 0 Å². The molecule has 0 saturated heterocycles. The van der Waals surface area contributed by atoms with Gasteiger partial charge < -0.3 is 15.8 Å². The molecule has 12 nitrogen and oxygen atoms in total. The molecule has 0 aliphatic heterocycles. The van der Waals surface area contributed by atoms with Crippen molar-refractivity contribution in [2.75, 3.05) is 10.6 Å². The van der Waals surface area contributed by atoms with Crippen LogP contribution in [-0.4, -0.2) is 15.0 Å². The van der Waals surface area contributed by atoms with E-state index in [1.54, 1.807) is 49.4 Å². The lowest BCUT2D eigenvalue weighted by Gasteiger charge is -2.12. The van der Waals surface area contributed by atoms with Crippen molar-refractivity contribution >= 4 is 45.2 Å². The van der Waals surface area contributed by atoms with Crippen LogP contribution in [0.1, 0.15) is 11.1 Å². The van der Waals surface area contributed by atoms with Gasteiger partial charge in [0.05, 0.1) is 15.0 Å². The third-order valence-electron chi connectivity index (χ3n) is 4.72. The SMILES string of the molecule is Cc1cccc(Nc2c([N+](=O)[O-])c(Nc3cccc(C)c3)c3c(no[n+]3[O-])c2[N+](=O)[O-])c1. The lowest BCUT2D eigenvalue weighted by molar-refractivity contribution is -0.782. The normalized spacial score (nSPS) is 10.8. The molecule has 0 unspecified atom stereocenters. The zero-order valence-corrected chi connectivity index (χ0v) is 16.9. The van der Waals surface area contributed by atoms with E-state index in [0.29, 0.717) is 11.4 Å². The van der Waals surface area contributed by atoms with Crippen molar-refractivity contribution in [1.82, 2.24) is 5.16 Å². The number of aromatic nitrogens is 2. The van der Waals surface area contributed by atoms with Gasteiger partial charge >= 0.3 is 16.9 Å². The first kappa shape index (κ1) is 20.5. The number of nitro benzene ring substituents is 2. The lowest BCUT2D eigenvalue weighted by Crippen LogP contribution is -2.24. The molecular formula is C20H16N6O6. The van der Waals surface area contributed by atoms with Crippen molar-refractivity contribution in [2.24, 2.45) is 0 Å². The smallest absolute Gasteiger partial charge is 0.357 e. The highest BCUT2D eigenvalue weighted by Gasteiger charge is 2.41. The van der Waals surface area contributed by atoms with Crippen molar-refractivity contribution in [3.8, 4) is 0 Å². The molecular weight excluding hydrogens is 420 g/mol. The zero-order valence-electron chi connectivity index (χ0n) is 16.9. The predicted octanol–water partition coefficient (Wildman–Crippen LogP) is 4.38. The molecule has 0 amide bonds. The highest BCUT2D eigenvalue weighted by molar-refractivity contribution is 6.07. The molecule has 0 spiro atoms. The Morgan fingerprint density at radius 1 is 0.875 bits per heavy atom. The lowest BCUT2D eigenvalue weighted by atomic mass is 10.1. The van der Waals surface area contributed by atoms with Gasteiger partial charge in [0.1, 0.15) is 0 Å². The van der Waals surface area contributed by atoms with Crippen LogP contribution in [0.15, 0.2) is 53.2 Å². The minimum atomic E-state index is -0.841. The fraction of sp³-hybridized carbons (Fsp3) is 0.100. The molecule has 0 bridgehead atoms. The van der Waals surface area contributed by atoms with Gasteiger partial charge in [0, 0.05) is 11.4 Å². The topological polar surface area (TPSA) is 163 Å². The maximum atomic E-state index is 12.3. The second-order valence-electron chi connectivity index (χ2n) is 7.08. The Morgan fingerprint density at radius 2 is 1.41 bits per heavy atom. The van der Waals surface area contributed by atoms with E-state index >= 15 is 0 Å². The standard InChI is InChI=1S/C20H16N6O6/c1-11-5-3-7-13(9-11)21-15-18(24(27)28)16(22-14-8-4-6-12(2)10-14)20-17(19(15)25(29)30)23-32-26(20)31/h3-10,21-22H,1-2H3. The number of nitrogens with one attached hydrogen (secondary N) is 2. The van der Waals surface area contributed by atoms with Crippen molar-refractivity contribution in [1.29, 1.82) is 0 Å². The first-order valence-corrected chi connectivity index (χ1v) is 9.32. The summed E-state index contributed by atoms with van der Waals surface area (Å²) in [6.45, 7) is 3.63. The molecule has 1 aromatic heterocycles. The summed E-state index contributed by atoms with van der Waals surface area (Å²) in [6, 6.07) is 13.7. The average molecular weight is 436 g/mol. The molecule has 12 heteroatoms. The largest absolute Gasteiger partial charge is 0.359 e. The number of fused-ring (bicyclic) bond motifs is 1. The summed E-state index contributed by atoms with van der Waals surface area (Å²) < 4.78 is 4.58. The van der Waals surface area contributed by atoms with Crippen LogP contribution < -0.4 is 15.5 Å². The molecule has 2 N–H and O–H groups in total. The Kier molecular flexibility index (Phi) is 5.02. The van der Waals surface area contributed by atoms with Crippen molar-refractivity contribution in [3.05, 3.63) is 85.1 Å². The second-order valence-corrected chi connectivity index (χ2v) is 7.08. The Labute approximate surface area is 179 Å². The van der Waals surface area contributed by atoms with Gasteiger partial charge in [-0.25, -0.2) is 0 Å². The molecule has 0 aliphatic rings. The summed E-state index contributed by atoms with van der Waals surface area (Å²) in [5.74, 6) is 0. The molecule has 162 valence electrons. The summed E-state index contributed by atoms with van der Waals surface area (Å²) in [5.41, 5.74) is -0.536. The monoisotopic (exact) mass is 436 g/mol. The summed E-state index contributed by atoms with van der Waals surface area (Å²) in [6.07, 6.45) is 0. The van der Waals surface area contributed by atoms with E-state index in [1.165, 1.54) is 0 Å². The molecule has 0 aliphatic carbocycles. The van der Waals surface area contributed by atoms with E-state index in [4.69, 9.17) is 0 Å². The number of anilines is 4. The van der Waals surface area contributed by atoms with Crippen molar-refractivity contribution < 1.29 is 19.4 Å². The third-order valence-corrected chi connectivity index (χ3v) is 4.72. The Hall–Kier alpha value is -4.74. The molecule has 0 radical (unpaired) electrons. The highest BCUT2D eigenvalue weighted by Crippen LogP contribution is 2.47. The minimum Gasteiger partial charge on any atom is -0.359 e. The van der Waals surface area contributed by atoms with Crippen molar-refractivity contribution in [3.63, 3.8) is 0 Å². The van der Waals surface area contributed by atoms with Gasteiger partial charge in [-0.15, -0.1) is 0 Å². The number of benzene rings is 3. The number of hydrogen-bond donors (Lipinski definition) is 2. The van der Waals surface area contributed by atoms with Crippen molar-refractivity contribution in [2.45, 2.75) is 13.8 Å². The Bertz CT molecular complexity index is 1380. The van der Waals surface area contributed by atoms with Gasteiger partial charge in [-0.2, -0.15) is 0 Å². The van der Waals surface area contributed by atoms with Crippen LogP contribution in [0.3, 0.4) is 0 Å². The van der Waals surface area contributed by atoms with E-state index in [2.05, 4.69) is 20.4 Å². The van der Waals surface area contributed by atoms with Gasteiger partial charge in [0.2, 0.25) is 5.69 Å². The number of rotatable bonds is 6. The molecule has 0 atom stereocenters. The molecule has 32 heavy (non-hydrogen) atoms. The maximum absolute atomic E-state index is 12.3. The number of aryl methyl sites for hydroxylation is 2. The molecule has 4 aromatic rings. The molecule has 0 fully saturated rings. The minimum absolute atomic E-state index is 0.0933. The summed E-state index contributed by atoms with van der Waals surface area (Å²) >= 11 is 0. The first-order chi connectivity index (χ1) is 15.3. The quantitative estimate of drug-likeness (QED) is 0.253. The van der Waals surface area contributed by atoms with Crippen LogP contribution in [-0.2, 0) is 0 Å². The van der Waals surface area contributed by atoms with Crippen LogP contribution in [0.25, 0.3) is 11.0 Å². The fourth-order valence-electron chi connectivity index (χ4n) is 3.41. The van der Waals surface area contributed by atoms with E-state index in [1.807, 2.05) is 13.0 Å². The van der Waals surface area contributed by atoms with Crippen LogP contribution in [0.4, 0.5) is 34.1 Å². The van der Waals surface area contributed by atoms with Gasteiger partial charge in [-0.3, -0.25) is 24.9 Å². The van der Waals surface area contributed by atoms with E-state index in [0.717, 1.165) is 11.1 Å². The number of nitro groups is 2. The van der Waals surface area contributed by atoms with Crippen LogP contribution in [0.2, 0.25) is 0 Å². The van der Waals surface area contributed by atoms with Crippen LogP contribution in [0, 0.1) is 39.3 Å². The predicted molar refractivity (Wildman–Crippen MR) is 115 cm³/mol. The molecule has 1 heterocycles. The zero-order chi connectivity index (χ0) is 23.0. The van der Waals surface area contributed by atoms with E-state index in [9.17, 15) is 25.4 Å². The number of hydrogen-bond acceptors (Lipinski definition) is 9. The highest BCUT2D eigenvalue weighted by atomic mass is 16.8. The maximum Gasteiger partial charge on any atom is 0.357 e. The van der Waals surface area contributed by atoms with E-state index in [-0.39, 0.29) is 10.6 Å². The molecule has 3 aromatic carbocycles. The van der Waals surface area contributed by atoms with Gasteiger partial charge in [-0.05, 0) is 54.1 Å². The summed E-state index contributed by atoms with van der Waals surface area (Å²) in [7, 11) is 0. The summed E-state index contributed by atoms with van der Waals surface area (Å²) in [5, 5.41) is 45.5. The Morgan fingerprint density at radius 3 is 1.91 bits per heavy atom. The summed E-state index contributed by atoms with van der Waals surface area (Å²) in [4.78, 5) is 22.3. The van der Waals surface area contributed by atoms with E-state index < -0.39 is 37.9 Å². The van der Waals surface area contributed by atoms with Gasteiger partial charge in [0.15, 0.2) is 5.69 Å².